The van der Waals surface area contributed by atoms with E-state index in [1.165, 1.54) is 20.0 Å². The molecule has 0 bridgehead atoms. The number of nitrogens with two attached hydrogens (primary N) is 1. The molecule has 2 N–H and O–H groups in total. The van der Waals surface area contributed by atoms with Gasteiger partial charge in [0.2, 0.25) is 0 Å². The van der Waals surface area contributed by atoms with E-state index in [9.17, 15) is 4.79 Å². The second kappa shape index (κ2) is 6.02. The second-order valence-electron chi connectivity index (χ2n) is 6.20. The number of esters is 1. The average molecular weight is 256 g/mol. The molecule has 1 saturated carbocycles. The number of rotatable bonds is 7. The van der Waals surface area contributed by atoms with E-state index in [1.54, 1.807) is 6.92 Å². The van der Waals surface area contributed by atoms with Crippen molar-refractivity contribution in [2.75, 3.05) is 13.7 Å². The van der Waals surface area contributed by atoms with Gasteiger partial charge in [-0.2, -0.15) is 0 Å². The van der Waals surface area contributed by atoms with Crippen LogP contribution in [0.25, 0.3) is 0 Å². The lowest BCUT2D eigenvalue weighted by Crippen LogP contribution is -2.52. The van der Waals surface area contributed by atoms with Crippen molar-refractivity contribution in [3.05, 3.63) is 0 Å². The Morgan fingerprint density at radius 3 is 2.39 bits per heavy atom. The quantitative estimate of drug-likeness (QED) is 0.705. The van der Waals surface area contributed by atoms with Crippen LogP contribution in [0.4, 0.5) is 0 Å². The fourth-order valence-corrected chi connectivity index (χ4v) is 2.55. The molecule has 0 aliphatic heterocycles. The fraction of sp³-hybridized carbons (Fsp3) is 0.929. The van der Waals surface area contributed by atoms with Gasteiger partial charge in [0, 0.05) is 18.6 Å². The van der Waals surface area contributed by atoms with E-state index in [2.05, 4.69) is 25.7 Å². The van der Waals surface area contributed by atoms with Gasteiger partial charge in [0.25, 0.3) is 0 Å². The van der Waals surface area contributed by atoms with Crippen LogP contribution in [-0.4, -0.2) is 42.1 Å². The van der Waals surface area contributed by atoms with Gasteiger partial charge in [0.15, 0.2) is 0 Å². The first-order valence-electron chi connectivity index (χ1n) is 6.91. The summed E-state index contributed by atoms with van der Waals surface area (Å²) in [6.45, 7) is 9.42. The van der Waals surface area contributed by atoms with Crippen molar-refractivity contribution in [1.29, 1.82) is 0 Å². The zero-order chi connectivity index (χ0) is 13.9. The summed E-state index contributed by atoms with van der Waals surface area (Å²) in [6, 6.07) is 0.772. The van der Waals surface area contributed by atoms with Crippen molar-refractivity contribution in [2.45, 2.75) is 64.6 Å². The highest BCUT2D eigenvalue weighted by Crippen LogP contribution is 2.31. The molecule has 1 aliphatic carbocycles. The minimum atomic E-state index is -0.898. The molecule has 0 spiro atoms. The van der Waals surface area contributed by atoms with E-state index < -0.39 is 5.54 Å². The molecule has 2 atom stereocenters. The molecular formula is C14H28N2O2. The topological polar surface area (TPSA) is 55.6 Å². The van der Waals surface area contributed by atoms with Gasteiger partial charge in [0.1, 0.15) is 5.54 Å². The van der Waals surface area contributed by atoms with Crippen molar-refractivity contribution < 1.29 is 9.53 Å². The summed E-state index contributed by atoms with van der Waals surface area (Å²) in [7, 11) is 1.39. The zero-order valence-corrected chi connectivity index (χ0v) is 12.4. The number of hydrogen-bond donors (Lipinski definition) is 1. The number of nitrogens with zero attached hydrogens (tertiary/aromatic N) is 1. The van der Waals surface area contributed by atoms with E-state index in [4.69, 9.17) is 10.5 Å². The first kappa shape index (κ1) is 15.4. The third kappa shape index (κ3) is 4.25. The van der Waals surface area contributed by atoms with Crippen LogP contribution >= 0.6 is 0 Å². The van der Waals surface area contributed by atoms with Crippen molar-refractivity contribution in [3.63, 3.8) is 0 Å². The minimum Gasteiger partial charge on any atom is -0.468 e. The van der Waals surface area contributed by atoms with E-state index in [0.717, 1.165) is 12.5 Å². The molecule has 18 heavy (non-hydrogen) atoms. The van der Waals surface area contributed by atoms with Gasteiger partial charge in [-0.15, -0.1) is 0 Å². The summed E-state index contributed by atoms with van der Waals surface area (Å²) < 4.78 is 4.77. The number of methoxy groups -OCH3 is 1. The summed E-state index contributed by atoms with van der Waals surface area (Å²) in [6.07, 6.45) is 3.31. The van der Waals surface area contributed by atoms with Gasteiger partial charge in [-0.3, -0.25) is 9.69 Å². The monoisotopic (exact) mass is 256 g/mol. The third-order valence-electron chi connectivity index (χ3n) is 3.77. The Morgan fingerprint density at radius 1 is 1.44 bits per heavy atom. The normalized spacial score (nSPS) is 20.9. The highest BCUT2D eigenvalue weighted by Gasteiger charge is 2.35. The van der Waals surface area contributed by atoms with Crippen LogP contribution in [0.3, 0.4) is 0 Å². The lowest BCUT2D eigenvalue weighted by molar-refractivity contribution is -0.147. The number of carbonyl (C=O) groups is 1. The molecule has 0 heterocycles. The first-order valence-corrected chi connectivity index (χ1v) is 6.91. The van der Waals surface area contributed by atoms with Crippen LogP contribution in [0.1, 0.15) is 47.0 Å². The van der Waals surface area contributed by atoms with Crippen molar-refractivity contribution in [3.8, 4) is 0 Å². The smallest absolute Gasteiger partial charge is 0.325 e. The van der Waals surface area contributed by atoms with E-state index in [1.807, 2.05) is 0 Å². The largest absolute Gasteiger partial charge is 0.468 e. The van der Waals surface area contributed by atoms with E-state index >= 15 is 0 Å². The molecule has 2 unspecified atom stereocenters. The van der Waals surface area contributed by atoms with Gasteiger partial charge in [-0.05, 0) is 52.9 Å². The highest BCUT2D eigenvalue weighted by molar-refractivity contribution is 5.79. The summed E-state index contributed by atoms with van der Waals surface area (Å²) in [5.41, 5.74) is 5.16. The van der Waals surface area contributed by atoms with Crippen LogP contribution in [0.2, 0.25) is 0 Å². The fourth-order valence-electron chi connectivity index (χ4n) is 2.55. The molecule has 0 aromatic heterocycles. The molecule has 4 nitrogen and oxygen atoms in total. The van der Waals surface area contributed by atoms with Crippen molar-refractivity contribution in [2.24, 2.45) is 11.7 Å². The van der Waals surface area contributed by atoms with Crippen LogP contribution in [-0.2, 0) is 9.53 Å². The molecule has 0 radical (unpaired) electrons. The molecule has 4 heteroatoms. The van der Waals surface area contributed by atoms with Gasteiger partial charge >= 0.3 is 5.97 Å². The van der Waals surface area contributed by atoms with Crippen LogP contribution in [0, 0.1) is 5.92 Å². The Morgan fingerprint density at radius 2 is 2.00 bits per heavy atom. The second-order valence-corrected chi connectivity index (χ2v) is 6.20. The summed E-state index contributed by atoms with van der Waals surface area (Å²) in [5.74, 6) is 0.515. The predicted octanol–water partition coefficient (Wildman–Crippen LogP) is 1.78. The molecular weight excluding hydrogens is 228 g/mol. The number of hydrogen-bond acceptors (Lipinski definition) is 4. The molecule has 106 valence electrons. The van der Waals surface area contributed by atoms with Crippen LogP contribution < -0.4 is 5.73 Å². The summed E-state index contributed by atoms with van der Waals surface area (Å²) in [5, 5.41) is 0. The summed E-state index contributed by atoms with van der Waals surface area (Å²) in [4.78, 5) is 14.1. The Balaban J connectivity index is 2.59. The Hall–Kier alpha value is -0.610. The lowest BCUT2D eigenvalue weighted by atomic mass is 9.93. The minimum absolute atomic E-state index is 0.291. The maximum Gasteiger partial charge on any atom is 0.325 e. The molecule has 1 rings (SSSR count). The van der Waals surface area contributed by atoms with Gasteiger partial charge in [-0.1, -0.05) is 0 Å². The number of carbonyl (C=O) groups excluding carboxylic acids is 1. The highest BCUT2D eigenvalue weighted by atomic mass is 16.5. The van der Waals surface area contributed by atoms with Gasteiger partial charge in [0.05, 0.1) is 7.11 Å². The van der Waals surface area contributed by atoms with Crippen molar-refractivity contribution >= 4 is 5.97 Å². The summed E-state index contributed by atoms with van der Waals surface area (Å²) >= 11 is 0. The maximum absolute atomic E-state index is 11.6. The Labute approximate surface area is 111 Å². The SMILES string of the molecule is COC(=O)C(C)(N)CC(C)N(CC1CC1)C(C)C. The predicted molar refractivity (Wildman–Crippen MR) is 73.3 cm³/mol. The van der Waals surface area contributed by atoms with E-state index in [0.29, 0.717) is 18.5 Å². The van der Waals surface area contributed by atoms with Gasteiger partial charge in [-0.25, -0.2) is 0 Å². The van der Waals surface area contributed by atoms with Crippen molar-refractivity contribution in [1.82, 2.24) is 4.90 Å². The molecule has 0 aromatic rings. The Bertz CT molecular complexity index is 286. The maximum atomic E-state index is 11.6. The standard InChI is InChI=1S/C14H28N2O2/c1-10(2)16(9-12-6-7-12)11(3)8-14(4,15)13(17)18-5/h10-12H,6-9,15H2,1-5H3. The van der Waals surface area contributed by atoms with E-state index in [-0.39, 0.29) is 5.97 Å². The zero-order valence-electron chi connectivity index (χ0n) is 12.4. The molecule has 0 amide bonds. The average Bonchev–Trinajstić information content (AvgIpc) is 3.07. The molecule has 0 aromatic carbocycles. The molecule has 1 fully saturated rings. The van der Waals surface area contributed by atoms with Crippen LogP contribution in [0.15, 0.2) is 0 Å². The lowest BCUT2D eigenvalue weighted by Gasteiger charge is -2.36. The van der Waals surface area contributed by atoms with Gasteiger partial charge < -0.3 is 10.5 Å². The molecule has 0 saturated heterocycles. The molecule has 1 aliphatic rings. The number of ether oxygens (including phenoxy) is 1. The first-order chi connectivity index (χ1) is 8.27. The Kier molecular flexibility index (Phi) is 5.17. The van der Waals surface area contributed by atoms with Crippen LogP contribution in [0.5, 0.6) is 0 Å². The third-order valence-corrected chi connectivity index (χ3v) is 3.77.